The molecule has 866 valence electrons. The molecule has 0 aliphatic rings. The number of hydrazine groups is 1. The molecule has 0 saturated carbocycles. The molecule has 49 nitrogen and oxygen atoms in total. The number of nitrogens with two attached hydrogens (primary N) is 7. The van der Waals surface area contributed by atoms with Crippen LogP contribution in [-0.2, 0) is 101 Å². The monoisotopic (exact) mass is 2110 g/mol. The summed E-state index contributed by atoms with van der Waals surface area (Å²) >= 11 is 0. The van der Waals surface area contributed by atoms with Gasteiger partial charge in [-0.15, -0.1) is 0 Å². The number of unbranched alkanes of at least 4 members (excludes halogenated alkanes) is 3. The number of ketones is 2. The van der Waals surface area contributed by atoms with Gasteiger partial charge in [-0.05, 0) is 124 Å². The fourth-order valence-electron chi connectivity index (χ4n) is 10.1. The van der Waals surface area contributed by atoms with Gasteiger partial charge in [-0.2, -0.15) is 5.01 Å². The van der Waals surface area contributed by atoms with Crippen molar-refractivity contribution in [2.75, 3.05) is 46.3 Å². The number of nitrogens with one attached hydrogen (secondary N) is 12. The number of hydrogen-bond acceptors (Lipinski definition) is 35. The predicted octanol–water partition coefficient (Wildman–Crippen LogP) is 5.57. The maximum atomic E-state index is 13.1. The van der Waals surface area contributed by atoms with Gasteiger partial charge in [-0.1, -0.05) is 207 Å². The van der Waals surface area contributed by atoms with Crippen LogP contribution in [0.5, 0.6) is 0 Å². The number of rotatable bonds is 55. The van der Waals surface area contributed by atoms with Gasteiger partial charge in [-0.3, -0.25) is 144 Å². The fraction of sp³-hybridized carbons (Fsp3) is 0.781. The zero-order valence-corrected chi connectivity index (χ0v) is 89.4. The van der Waals surface area contributed by atoms with Crippen molar-refractivity contribution < 1.29 is 142 Å². The van der Waals surface area contributed by atoms with Crippen molar-refractivity contribution in [3.63, 3.8) is 0 Å². The summed E-state index contributed by atoms with van der Waals surface area (Å²) < 4.78 is 0. The number of carboxylic acids is 8. The van der Waals surface area contributed by atoms with E-state index >= 15 is 0 Å². The van der Waals surface area contributed by atoms with Gasteiger partial charge in [-0.25, -0.2) is 0 Å². The smallest absolute Gasteiger partial charge is 0.321 e. The summed E-state index contributed by atoms with van der Waals surface area (Å²) in [6, 6.07) is -12.8. The van der Waals surface area contributed by atoms with Gasteiger partial charge >= 0.3 is 47.8 Å². The lowest BCUT2D eigenvalue weighted by Crippen LogP contribution is -2.71. The second-order valence-electron chi connectivity index (χ2n) is 31.0. The molecule has 145 heavy (non-hydrogen) atoms. The third-order valence-electron chi connectivity index (χ3n) is 16.6. The lowest BCUT2D eigenvalue weighted by molar-refractivity contribution is -0.144. The number of Topliss-reactive ketones (excluding diaryl/α,β-unsaturated/α-hetero) is 2. The van der Waals surface area contributed by atoms with Crippen LogP contribution in [0.4, 0.5) is 0 Å². The first-order valence-corrected chi connectivity index (χ1v) is 47.4. The van der Waals surface area contributed by atoms with E-state index in [9.17, 15) is 121 Å². The third kappa shape index (κ3) is 119. The molecule has 0 spiro atoms. The lowest BCUT2D eigenvalue weighted by atomic mass is 9.80. The summed E-state index contributed by atoms with van der Waals surface area (Å²) in [7, 11) is 1.81. The molecule has 0 bridgehead atoms. The molecule has 11 atom stereocenters. The van der Waals surface area contributed by atoms with Crippen LogP contribution in [-0.4, -0.2) is 295 Å². The highest BCUT2D eigenvalue weighted by atomic mass is 16.4. The van der Waals surface area contributed by atoms with E-state index in [1.807, 2.05) is 97.6 Å². The summed E-state index contributed by atoms with van der Waals surface area (Å²) in [5.41, 5.74) is 36.4. The Balaban J connectivity index is -0.0000000858. The quantitative estimate of drug-likeness (QED) is 0.0153. The number of hydrogen-bond donors (Lipinski definition) is 27. The molecule has 0 aromatic rings. The molecule has 10 amide bonds. The SMILES string of the molecule is C.C.C.C.C.CC.CC.CC.CC.CC.CC(=O)NC(=O)[C@H](CC(=O)O)NCC(C)(C)C(N[C@@H](CC(=O)O)C(=O)NC(C)=O)C(N[C@@H](CC(=O)O)C(=O)NC(C)=O)N[C@@H](CC(=O)O)C(=O)NC(C)=O.CC(=O)NC(C)C(=O)[C@H](CCCCN)NC(C)(C)N(NC(C)=O)[C@H](C=O)CCCCN.CCC.CCC.CCC(C)C.CN[C@@H](CCCCN)C(C)=O.NC(CC(=O)O)C(=O)O.NCC(=O)O.NCCCC(N)C(=O)O. The maximum Gasteiger partial charge on any atom is 0.321 e. The minimum Gasteiger partial charge on any atom is -0.481 e. The van der Waals surface area contributed by atoms with Crippen LogP contribution in [0.1, 0.15) is 360 Å². The second kappa shape index (κ2) is 117. The molecule has 0 heterocycles. The van der Waals surface area contributed by atoms with Gasteiger partial charge in [0.2, 0.25) is 59.1 Å². The molecule has 0 aromatic heterocycles. The van der Waals surface area contributed by atoms with Gasteiger partial charge in [0.15, 0.2) is 5.78 Å². The number of carboxylic acid groups (broad SMARTS) is 8. The summed E-state index contributed by atoms with van der Waals surface area (Å²) in [5.74, 6) is -18.9. The van der Waals surface area contributed by atoms with E-state index in [4.69, 9.17) is 54.8 Å². The molecular weight excluding hydrogens is 1900 g/mol. The molecule has 0 fully saturated rings. The Morgan fingerprint density at radius 1 is 0.379 bits per heavy atom. The van der Waals surface area contributed by atoms with Crippen molar-refractivity contribution in [1.82, 2.24) is 68.9 Å². The van der Waals surface area contributed by atoms with Crippen molar-refractivity contribution in [3.8, 4) is 0 Å². The molecular formula is C96H208N20O29. The van der Waals surface area contributed by atoms with Crippen LogP contribution >= 0.6 is 0 Å². The van der Waals surface area contributed by atoms with Gasteiger partial charge in [0.05, 0.1) is 98.8 Å². The minimum atomic E-state index is -1.91. The molecule has 49 heteroatoms. The Morgan fingerprint density at radius 3 is 0.910 bits per heavy atom. The number of likely N-dealkylation sites (N-methyl/N-ethyl adjacent to an activating group) is 1. The topological polar surface area (TPSA) is 850 Å². The molecule has 0 saturated heterocycles. The predicted molar refractivity (Wildman–Crippen MR) is 571 cm³/mol. The van der Waals surface area contributed by atoms with Crippen LogP contribution in [0.15, 0.2) is 0 Å². The number of nitrogens with zero attached hydrogens (tertiary/aromatic N) is 1. The molecule has 4 unspecified atom stereocenters. The maximum absolute atomic E-state index is 13.1. The second-order valence-corrected chi connectivity index (χ2v) is 31.0. The summed E-state index contributed by atoms with van der Waals surface area (Å²) in [4.78, 5) is 244. The normalized spacial score (nSPS) is 11.9. The Hall–Kier alpha value is -10.3. The van der Waals surface area contributed by atoms with Crippen LogP contribution in [0.3, 0.4) is 0 Å². The van der Waals surface area contributed by atoms with Crippen molar-refractivity contribution in [3.05, 3.63) is 0 Å². The Morgan fingerprint density at radius 2 is 0.669 bits per heavy atom. The van der Waals surface area contributed by atoms with E-state index in [0.717, 1.165) is 84.8 Å². The van der Waals surface area contributed by atoms with Crippen molar-refractivity contribution in [2.45, 2.75) is 438 Å². The number of imide groups is 4. The molecule has 0 rings (SSSR count). The fourth-order valence-corrected chi connectivity index (χ4v) is 10.1. The van der Waals surface area contributed by atoms with Gasteiger partial charge in [0, 0.05) is 54.1 Å². The van der Waals surface area contributed by atoms with E-state index in [2.05, 4.69) is 96.8 Å². The summed E-state index contributed by atoms with van der Waals surface area (Å²) in [6.45, 7) is 52.6. The van der Waals surface area contributed by atoms with E-state index in [1.54, 1.807) is 32.7 Å². The van der Waals surface area contributed by atoms with E-state index in [1.165, 1.54) is 47.0 Å². The van der Waals surface area contributed by atoms with Gasteiger partial charge in [0.1, 0.15) is 24.2 Å². The van der Waals surface area contributed by atoms with E-state index in [0.29, 0.717) is 51.9 Å². The van der Waals surface area contributed by atoms with E-state index < -0.39 is 211 Å². The lowest BCUT2D eigenvalue weighted by Gasteiger charge is -2.44. The first kappa shape index (κ1) is 180. The Kier molecular flexibility index (Phi) is 145. The molecule has 0 aliphatic heterocycles. The average molecular weight is 2110 g/mol. The molecule has 0 radical (unpaired) electrons. The Bertz CT molecular complexity index is 3350. The van der Waals surface area contributed by atoms with E-state index in [-0.39, 0.29) is 73.1 Å². The minimum absolute atomic E-state index is 0. The first-order valence-electron chi connectivity index (χ1n) is 47.4. The highest BCUT2D eigenvalue weighted by Gasteiger charge is 2.44. The Labute approximate surface area is 867 Å². The molecule has 34 N–H and O–H groups in total. The zero-order valence-electron chi connectivity index (χ0n) is 89.4. The molecule has 0 aliphatic carbocycles. The largest absolute Gasteiger partial charge is 0.481 e. The third-order valence-corrected chi connectivity index (χ3v) is 16.6. The van der Waals surface area contributed by atoms with Gasteiger partial charge in [0.25, 0.3) is 0 Å². The standard InChI is InChI=1S/C30H46N8O16.C21H42N6O4.C8H18N2O.C5H12N2O2.C5H12.C4H7NO4.2C3H8.C2H5NO2.5C2H6.5CH4/c1-12(39)32-26(51)16(7-20(43)44)31-11-30(5,6)24(36-17(8-21(45)46)27(52)33-13(2)40)25(37-18(9-22(47)48)28(53)34-14(3)41)38-19(10-23(49)50)29(54)35-15(4)42;1-15(24-16(2)29)20(31)19(11-7-9-13-23)25-21(4,5)27(26-17(3)30)18(14-28)10-6-8-12-22;1-7(11)8(10-2)5-3-4-6-9;6-3-1-2-4(7)5(8)9;1-4-5(2)3;5-2(4(8)9)1-3(6)7;2*1-3-2;3-1-2(4)5;5*1-2;;;;;/h16-19,24-25,31,36-38H,7-11H2,1-6H3,(H,43,44)(H,45,46)(H,47,48)(H,49,50)(H,32,39,51)(H,33,40,52)(H,34,41,53)(H,35,42,54);14-15,18-19,25H,6-13,22-23H2,1-5H3,(H,24,29)(H,26,30);8,10H,3-6,9H2,1-2H3;4H,1-3,6-7H2,(H,8,9);5H,4H2,1-3H3;2H,1,5H2,(H,6,7)(H,8,9);2*3H2,1-2H3;1,3H2,(H,4,5);5*1-2H3;5*1H4/t16-,17-,18-,19-,24?;15?,18-,19-;8-;;;;;;;;;;;;;;;;/m000................/s1. The van der Waals surface area contributed by atoms with Crippen LogP contribution < -0.4 is 104 Å². The van der Waals surface area contributed by atoms with Crippen LogP contribution in [0.25, 0.3) is 0 Å². The number of carbonyl (C=O) groups excluding carboxylic acids is 13. The van der Waals surface area contributed by atoms with Crippen LogP contribution in [0, 0.1) is 11.3 Å². The summed E-state index contributed by atoms with van der Waals surface area (Å²) in [5, 5.41) is 98.5. The summed E-state index contributed by atoms with van der Waals surface area (Å²) in [6.07, 6.45) is 6.17. The van der Waals surface area contributed by atoms with Crippen molar-refractivity contribution >= 4 is 125 Å². The number of amides is 10. The number of aliphatic carboxylic acids is 8. The highest BCUT2D eigenvalue weighted by molar-refractivity contribution is 6.01. The van der Waals surface area contributed by atoms with Crippen molar-refractivity contribution in [2.24, 2.45) is 51.5 Å². The number of aldehydes is 1. The zero-order chi connectivity index (χ0) is 113. The first-order chi connectivity index (χ1) is 65.0. The highest BCUT2D eigenvalue weighted by Crippen LogP contribution is 2.26. The van der Waals surface area contributed by atoms with Gasteiger partial charge < -0.3 is 102 Å². The molecule has 0 aromatic carbocycles. The van der Waals surface area contributed by atoms with Crippen molar-refractivity contribution in [1.29, 1.82) is 0 Å². The van der Waals surface area contributed by atoms with Crippen LogP contribution in [0.2, 0.25) is 0 Å². The average Bonchev–Trinajstić information content (AvgIpc) is 0.803. The number of carbonyl (C=O) groups is 21.